The van der Waals surface area contributed by atoms with Crippen LogP contribution in [0.3, 0.4) is 0 Å². The molecular weight excluding hydrogens is 496 g/mol. The number of hydrogen-bond acceptors (Lipinski definition) is 6. The van der Waals surface area contributed by atoms with Crippen LogP contribution >= 0.6 is 0 Å². The van der Waals surface area contributed by atoms with E-state index in [9.17, 15) is 0 Å². The fourth-order valence-corrected chi connectivity index (χ4v) is 5.32. The molecule has 0 saturated carbocycles. The zero-order valence-electron chi connectivity index (χ0n) is 23.2. The highest BCUT2D eigenvalue weighted by Gasteiger charge is 2.20. The molecule has 0 aromatic heterocycles. The van der Waals surface area contributed by atoms with Gasteiger partial charge in [0, 0.05) is 50.1 Å². The van der Waals surface area contributed by atoms with Crippen molar-refractivity contribution in [1.82, 2.24) is 20.4 Å². The van der Waals surface area contributed by atoms with Crippen LogP contribution in [0.25, 0.3) is 32.3 Å². The van der Waals surface area contributed by atoms with Gasteiger partial charge in [-0.2, -0.15) is 0 Å². The average molecular weight is 529 g/mol. The SMILES string of the molecule is CO[C](C)CN1C=CNC1C#Cc1ccc2ccc3c(C#CC4NC=CN4C[C](C)OC)ccc4ccc1c2c43. The third-order valence-corrected chi connectivity index (χ3v) is 7.56. The highest BCUT2D eigenvalue weighted by molar-refractivity contribution is 6.24. The first-order valence-corrected chi connectivity index (χ1v) is 13.4. The maximum atomic E-state index is 5.37. The van der Waals surface area contributed by atoms with Crippen LogP contribution in [0.4, 0.5) is 0 Å². The summed E-state index contributed by atoms with van der Waals surface area (Å²) in [5, 5.41) is 13.8. The summed E-state index contributed by atoms with van der Waals surface area (Å²) in [6.07, 6.45) is 9.58. The summed E-state index contributed by atoms with van der Waals surface area (Å²) < 4.78 is 10.7. The van der Waals surface area contributed by atoms with Crippen LogP contribution in [0.2, 0.25) is 0 Å². The van der Waals surface area contributed by atoms with Gasteiger partial charge in [0.1, 0.15) is 12.2 Å². The molecule has 2 N–H and O–H groups in total. The van der Waals surface area contributed by atoms with Crippen LogP contribution in [0.5, 0.6) is 0 Å². The van der Waals surface area contributed by atoms with Crippen molar-refractivity contribution >= 4 is 32.3 Å². The zero-order valence-corrected chi connectivity index (χ0v) is 23.2. The summed E-state index contributed by atoms with van der Waals surface area (Å²) in [6.45, 7) is 5.34. The minimum atomic E-state index is -0.103. The predicted molar refractivity (Wildman–Crippen MR) is 161 cm³/mol. The van der Waals surface area contributed by atoms with E-state index in [1.54, 1.807) is 14.2 Å². The molecular formula is C34H32N4O2. The normalized spacial score (nSPS) is 18.1. The van der Waals surface area contributed by atoms with Crippen molar-refractivity contribution in [2.75, 3.05) is 27.3 Å². The first-order valence-electron chi connectivity index (χ1n) is 13.4. The Morgan fingerprint density at radius 2 is 1.10 bits per heavy atom. The Labute approximate surface area is 235 Å². The van der Waals surface area contributed by atoms with Gasteiger partial charge in [-0.25, -0.2) is 0 Å². The molecule has 6 rings (SSSR count). The lowest BCUT2D eigenvalue weighted by atomic mass is 9.90. The minimum Gasteiger partial charge on any atom is -0.374 e. The fourth-order valence-electron chi connectivity index (χ4n) is 5.32. The number of methoxy groups -OCH3 is 2. The Bertz CT molecular complexity index is 1590. The average Bonchev–Trinajstić information content (AvgIpc) is 3.62. The summed E-state index contributed by atoms with van der Waals surface area (Å²) in [6, 6.07) is 17.4. The number of ether oxygens (including phenoxy) is 2. The number of hydrogen-bond donors (Lipinski definition) is 2. The van der Waals surface area contributed by atoms with E-state index in [2.05, 4.69) is 92.6 Å². The zero-order chi connectivity index (χ0) is 27.6. The molecule has 2 heterocycles. The highest BCUT2D eigenvalue weighted by atomic mass is 16.5. The van der Waals surface area contributed by atoms with Crippen LogP contribution in [0, 0.1) is 35.9 Å². The summed E-state index contributed by atoms with van der Waals surface area (Å²) >= 11 is 0. The molecule has 2 aliphatic heterocycles. The van der Waals surface area contributed by atoms with Crippen molar-refractivity contribution in [3.8, 4) is 23.7 Å². The molecule has 0 aliphatic carbocycles. The lowest BCUT2D eigenvalue weighted by Gasteiger charge is -2.23. The Kier molecular flexibility index (Phi) is 7.13. The van der Waals surface area contributed by atoms with E-state index in [0.717, 1.165) is 34.1 Å². The van der Waals surface area contributed by atoms with Gasteiger partial charge in [0.15, 0.2) is 12.3 Å². The summed E-state index contributed by atoms with van der Waals surface area (Å²) in [7, 11) is 3.40. The molecule has 4 aromatic carbocycles. The molecule has 4 aromatic rings. The Morgan fingerprint density at radius 1 is 0.675 bits per heavy atom. The largest absolute Gasteiger partial charge is 0.374 e. The van der Waals surface area contributed by atoms with Crippen LogP contribution in [-0.4, -0.2) is 49.4 Å². The van der Waals surface area contributed by atoms with E-state index in [1.807, 2.05) is 38.6 Å². The minimum absolute atomic E-state index is 0.103. The maximum Gasteiger partial charge on any atom is 0.163 e. The smallest absolute Gasteiger partial charge is 0.163 e. The Morgan fingerprint density at radius 3 is 1.52 bits per heavy atom. The van der Waals surface area contributed by atoms with E-state index in [4.69, 9.17) is 9.47 Å². The Hall–Kier alpha value is -4.36. The second-order valence-corrected chi connectivity index (χ2v) is 10.1. The van der Waals surface area contributed by atoms with Crippen LogP contribution in [0.1, 0.15) is 25.0 Å². The first-order chi connectivity index (χ1) is 19.6. The maximum absolute atomic E-state index is 5.37. The van der Waals surface area contributed by atoms with Gasteiger partial charge in [-0.1, -0.05) is 60.1 Å². The van der Waals surface area contributed by atoms with Gasteiger partial charge in [-0.05, 0) is 58.3 Å². The third-order valence-electron chi connectivity index (χ3n) is 7.56. The molecule has 0 amide bonds. The van der Waals surface area contributed by atoms with Gasteiger partial charge in [-0.3, -0.25) is 0 Å². The molecule has 2 aliphatic rings. The molecule has 2 unspecified atom stereocenters. The quantitative estimate of drug-likeness (QED) is 0.269. The number of benzene rings is 4. The first kappa shape index (κ1) is 25.9. The topological polar surface area (TPSA) is 49.0 Å². The van der Waals surface area contributed by atoms with Crippen molar-refractivity contribution in [2.45, 2.75) is 26.2 Å². The molecule has 0 saturated heterocycles. The molecule has 200 valence electrons. The monoisotopic (exact) mass is 528 g/mol. The van der Waals surface area contributed by atoms with Gasteiger partial charge in [-0.15, -0.1) is 0 Å². The van der Waals surface area contributed by atoms with Crippen molar-refractivity contribution in [3.05, 3.63) is 96.7 Å². The van der Waals surface area contributed by atoms with E-state index in [0.29, 0.717) is 13.1 Å². The molecule has 0 spiro atoms. The van der Waals surface area contributed by atoms with E-state index in [-0.39, 0.29) is 12.3 Å². The summed E-state index contributed by atoms with van der Waals surface area (Å²) in [5.74, 6) is 13.8. The lowest BCUT2D eigenvalue weighted by molar-refractivity contribution is 0.172. The highest BCUT2D eigenvalue weighted by Crippen LogP contribution is 2.37. The number of nitrogens with zero attached hydrogens (tertiary/aromatic N) is 2. The van der Waals surface area contributed by atoms with Crippen molar-refractivity contribution in [2.24, 2.45) is 0 Å². The van der Waals surface area contributed by atoms with E-state index >= 15 is 0 Å². The molecule has 2 atom stereocenters. The Balaban J connectivity index is 1.36. The molecule has 40 heavy (non-hydrogen) atoms. The molecule has 2 radical (unpaired) electrons. The van der Waals surface area contributed by atoms with Gasteiger partial charge in [0.2, 0.25) is 0 Å². The molecule has 0 fully saturated rings. The van der Waals surface area contributed by atoms with Crippen LogP contribution in [-0.2, 0) is 9.47 Å². The van der Waals surface area contributed by atoms with Crippen molar-refractivity contribution in [1.29, 1.82) is 0 Å². The molecule has 6 nitrogen and oxygen atoms in total. The predicted octanol–water partition coefficient (Wildman–Crippen LogP) is 5.09. The van der Waals surface area contributed by atoms with Crippen molar-refractivity contribution < 1.29 is 9.47 Å². The van der Waals surface area contributed by atoms with E-state index in [1.165, 1.54) is 21.5 Å². The van der Waals surface area contributed by atoms with Gasteiger partial charge in [0.25, 0.3) is 0 Å². The second-order valence-electron chi connectivity index (χ2n) is 10.1. The third kappa shape index (κ3) is 4.89. The molecule has 6 heteroatoms. The van der Waals surface area contributed by atoms with Gasteiger partial charge >= 0.3 is 0 Å². The van der Waals surface area contributed by atoms with Crippen LogP contribution in [0.15, 0.2) is 73.3 Å². The van der Waals surface area contributed by atoms with Gasteiger partial charge < -0.3 is 29.9 Å². The summed E-state index contributed by atoms with van der Waals surface area (Å²) in [4.78, 5) is 4.27. The fraction of sp³-hybridized carbons (Fsp3) is 0.235. The lowest BCUT2D eigenvalue weighted by Crippen LogP contribution is -2.36. The van der Waals surface area contributed by atoms with Crippen molar-refractivity contribution in [3.63, 3.8) is 0 Å². The molecule has 0 bridgehead atoms. The number of rotatable bonds is 6. The van der Waals surface area contributed by atoms with Gasteiger partial charge in [0.05, 0.1) is 13.1 Å². The standard InChI is InChI=1S/C34H32N4O2/c1-23(39-3)21-37-19-17-35-31(37)15-11-25-5-7-27-10-14-30-26(6-8-28-9-13-29(25)33(27)34(28)30)12-16-32-36-18-20-38(32)22-24(2)40-4/h5-10,13-14,17-20,31-32,35-36H,21-22H2,1-4H3. The van der Waals surface area contributed by atoms with Crippen LogP contribution < -0.4 is 10.6 Å². The summed E-state index contributed by atoms with van der Waals surface area (Å²) in [5.41, 5.74) is 2.03. The number of nitrogens with one attached hydrogen (secondary N) is 2. The van der Waals surface area contributed by atoms with E-state index < -0.39 is 0 Å². The second kappa shape index (κ2) is 11.0.